The van der Waals surface area contributed by atoms with Crippen LogP contribution in [0.4, 0.5) is 0 Å². The predicted molar refractivity (Wildman–Crippen MR) is 89.8 cm³/mol. The summed E-state index contributed by atoms with van der Waals surface area (Å²) >= 11 is 0. The number of carbonyl (C=O) groups is 1. The molecule has 0 spiro atoms. The van der Waals surface area contributed by atoms with Crippen LogP contribution in [0.15, 0.2) is 24.3 Å². The van der Waals surface area contributed by atoms with Crippen molar-refractivity contribution < 1.29 is 20.1 Å². The highest BCUT2D eigenvalue weighted by Gasteiger charge is 2.00. The lowest BCUT2D eigenvalue weighted by molar-refractivity contribution is -0.137. The van der Waals surface area contributed by atoms with Crippen molar-refractivity contribution in [3.8, 4) is 0 Å². The molecule has 0 fully saturated rings. The minimum Gasteiger partial charge on any atom is -0.481 e. The summed E-state index contributed by atoms with van der Waals surface area (Å²) in [6, 6.07) is 0. The van der Waals surface area contributed by atoms with E-state index in [1.54, 1.807) is 24.3 Å². The van der Waals surface area contributed by atoms with Gasteiger partial charge in [-0.05, 0) is 19.3 Å². The van der Waals surface area contributed by atoms with Gasteiger partial charge in [0.1, 0.15) is 0 Å². The quantitative estimate of drug-likeness (QED) is 0.336. The summed E-state index contributed by atoms with van der Waals surface area (Å²) in [7, 11) is 0. The Bertz CT molecular complexity index is 323. The van der Waals surface area contributed by atoms with Crippen molar-refractivity contribution in [1.82, 2.24) is 0 Å². The van der Waals surface area contributed by atoms with E-state index >= 15 is 0 Å². The average Bonchev–Trinajstić information content (AvgIpc) is 2.48. The topological polar surface area (TPSA) is 77.8 Å². The Morgan fingerprint density at radius 1 is 0.864 bits per heavy atom. The Hall–Kier alpha value is -1.13. The van der Waals surface area contributed by atoms with Crippen molar-refractivity contribution in [3.05, 3.63) is 24.3 Å². The number of aliphatic carboxylic acids is 1. The first-order valence-electron chi connectivity index (χ1n) is 8.49. The first-order chi connectivity index (χ1) is 10.6. The average molecular weight is 312 g/mol. The predicted octanol–water partition coefficient (Wildman–Crippen LogP) is 3.83. The summed E-state index contributed by atoms with van der Waals surface area (Å²) < 4.78 is 0. The van der Waals surface area contributed by atoms with Gasteiger partial charge in [0, 0.05) is 6.42 Å². The smallest absolute Gasteiger partial charge is 0.303 e. The summed E-state index contributed by atoms with van der Waals surface area (Å²) in [4.78, 5) is 10.3. The van der Waals surface area contributed by atoms with Crippen LogP contribution in [0.2, 0.25) is 0 Å². The summed E-state index contributed by atoms with van der Waals surface area (Å²) in [6.45, 7) is 2.10. The van der Waals surface area contributed by atoms with E-state index in [2.05, 4.69) is 6.92 Å². The van der Waals surface area contributed by atoms with Gasteiger partial charge in [0.05, 0.1) is 12.2 Å². The van der Waals surface area contributed by atoms with Gasteiger partial charge in [-0.25, -0.2) is 0 Å². The van der Waals surface area contributed by atoms with Crippen molar-refractivity contribution in [1.29, 1.82) is 0 Å². The Labute approximate surface area is 134 Å². The van der Waals surface area contributed by atoms with E-state index in [1.807, 2.05) is 0 Å². The standard InChI is InChI=1S/C18H32O4/c1-2-3-11-16(19)13-9-10-14-17(20)12-7-5-4-6-8-15-18(21)22/h9-10,13-14,16-17,19-20H,2-8,11-12,15H2,1H3,(H,21,22)/b13-9+,14-10+. The van der Waals surface area contributed by atoms with E-state index in [4.69, 9.17) is 5.11 Å². The number of carboxylic acid groups (broad SMARTS) is 1. The van der Waals surface area contributed by atoms with Crippen molar-refractivity contribution in [2.24, 2.45) is 0 Å². The molecule has 4 nitrogen and oxygen atoms in total. The zero-order valence-electron chi connectivity index (χ0n) is 13.8. The lowest BCUT2D eigenvalue weighted by atomic mass is 10.1. The zero-order valence-corrected chi connectivity index (χ0v) is 13.8. The molecule has 0 saturated carbocycles. The molecule has 2 unspecified atom stereocenters. The molecule has 0 bridgehead atoms. The Balaban J connectivity index is 3.55. The Morgan fingerprint density at radius 2 is 1.36 bits per heavy atom. The van der Waals surface area contributed by atoms with Crippen molar-refractivity contribution in [2.45, 2.75) is 83.3 Å². The maximum absolute atomic E-state index is 10.3. The van der Waals surface area contributed by atoms with E-state index in [0.29, 0.717) is 0 Å². The minimum atomic E-state index is -0.728. The summed E-state index contributed by atoms with van der Waals surface area (Å²) in [5.74, 6) is -0.728. The van der Waals surface area contributed by atoms with Crippen LogP contribution in [-0.4, -0.2) is 33.5 Å². The van der Waals surface area contributed by atoms with Gasteiger partial charge < -0.3 is 15.3 Å². The highest BCUT2D eigenvalue weighted by atomic mass is 16.4. The maximum Gasteiger partial charge on any atom is 0.303 e. The lowest BCUT2D eigenvalue weighted by Crippen LogP contribution is -2.02. The normalized spacial score (nSPS) is 14.7. The van der Waals surface area contributed by atoms with E-state index in [9.17, 15) is 15.0 Å². The fraction of sp³-hybridized carbons (Fsp3) is 0.722. The number of aliphatic hydroxyl groups excluding tert-OH is 2. The molecule has 22 heavy (non-hydrogen) atoms. The number of hydrogen-bond donors (Lipinski definition) is 3. The molecule has 3 N–H and O–H groups in total. The highest BCUT2D eigenvalue weighted by molar-refractivity contribution is 5.66. The van der Waals surface area contributed by atoms with Gasteiger partial charge in [0.15, 0.2) is 0 Å². The van der Waals surface area contributed by atoms with Crippen LogP contribution >= 0.6 is 0 Å². The third-order valence-electron chi connectivity index (χ3n) is 3.52. The first kappa shape index (κ1) is 20.9. The molecule has 0 aromatic rings. The molecule has 0 aliphatic heterocycles. The number of allylic oxidation sites excluding steroid dienone is 2. The third-order valence-corrected chi connectivity index (χ3v) is 3.52. The van der Waals surface area contributed by atoms with Gasteiger partial charge in [-0.1, -0.05) is 69.8 Å². The van der Waals surface area contributed by atoms with Crippen LogP contribution in [0.25, 0.3) is 0 Å². The van der Waals surface area contributed by atoms with Crippen molar-refractivity contribution in [3.63, 3.8) is 0 Å². The second-order valence-electron chi connectivity index (χ2n) is 5.75. The number of hydrogen-bond acceptors (Lipinski definition) is 3. The van der Waals surface area contributed by atoms with Crippen LogP contribution in [0.1, 0.15) is 71.1 Å². The first-order valence-corrected chi connectivity index (χ1v) is 8.49. The fourth-order valence-corrected chi connectivity index (χ4v) is 2.15. The minimum absolute atomic E-state index is 0.252. The molecule has 4 heteroatoms. The second-order valence-corrected chi connectivity index (χ2v) is 5.75. The molecule has 0 rings (SSSR count). The van der Waals surface area contributed by atoms with Gasteiger partial charge in [-0.2, -0.15) is 0 Å². The molecule has 0 aliphatic rings. The molecule has 0 saturated heterocycles. The summed E-state index contributed by atoms with van der Waals surface area (Å²) in [6.07, 6.45) is 14.7. The Kier molecular flexibility index (Phi) is 14.0. The molecular formula is C18H32O4. The molecule has 0 heterocycles. The highest BCUT2D eigenvalue weighted by Crippen LogP contribution is 2.09. The molecule has 0 aromatic carbocycles. The van der Waals surface area contributed by atoms with E-state index in [-0.39, 0.29) is 6.42 Å². The third kappa shape index (κ3) is 15.3. The van der Waals surface area contributed by atoms with Crippen LogP contribution < -0.4 is 0 Å². The van der Waals surface area contributed by atoms with Crippen LogP contribution in [-0.2, 0) is 4.79 Å². The van der Waals surface area contributed by atoms with Gasteiger partial charge in [0.25, 0.3) is 0 Å². The molecule has 0 radical (unpaired) electrons. The maximum atomic E-state index is 10.3. The van der Waals surface area contributed by atoms with E-state index in [0.717, 1.165) is 57.8 Å². The molecule has 0 aromatic heterocycles. The molecule has 128 valence electrons. The summed E-state index contributed by atoms with van der Waals surface area (Å²) in [5.41, 5.74) is 0. The van der Waals surface area contributed by atoms with Crippen molar-refractivity contribution in [2.75, 3.05) is 0 Å². The van der Waals surface area contributed by atoms with Gasteiger partial charge >= 0.3 is 5.97 Å². The monoisotopic (exact) mass is 312 g/mol. The van der Waals surface area contributed by atoms with Crippen LogP contribution in [0.5, 0.6) is 0 Å². The number of aliphatic hydroxyl groups is 2. The largest absolute Gasteiger partial charge is 0.481 e. The van der Waals surface area contributed by atoms with Gasteiger partial charge in [0.2, 0.25) is 0 Å². The number of carboxylic acids is 1. The molecule has 0 amide bonds. The van der Waals surface area contributed by atoms with Crippen LogP contribution in [0.3, 0.4) is 0 Å². The van der Waals surface area contributed by atoms with Crippen molar-refractivity contribution >= 4 is 5.97 Å². The SMILES string of the molecule is CCCCC(O)/C=C/C=C/C(O)CCCCCCCC(=O)O. The lowest BCUT2D eigenvalue weighted by Gasteiger charge is -2.05. The molecule has 0 aliphatic carbocycles. The van der Waals surface area contributed by atoms with Gasteiger partial charge in [-0.3, -0.25) is 4.79 Å². The van der Waals surface area contributed by atoms with Crippen LogP contribution in [0, 0.1) is 0 Å². The van der Waals surface area contributed by atoms with E-state index < -0.39 is 18.2 Å². The molecular weight excluding hydrogens is 280 g/mol. The Morgan fingerprint density at radius 3 is 1.91 bits per heavy atom. The molecule has 2 atom stereocenters. The zero-order chi connectivity index (χ0) is 16.6. The summed E-state index contributed by atoms with van der Waals surface area (Å²) in [5, 5.41) is 27.9. The van der Waals surface area contributed by atoms with E-state index in [1.165, 1.54) is 0 Å². The number of unbranched alkanes of at least 4 members (excludes halogenated alkanes) is 5. The fourth-order valence-electron chi connectivity index (χ4n) is 2.15. The number of rotatable bonds is 14. The second kappa shape index (κ2) is 14.8. The van der Waals surface area contributed by atoms with Gasteiger partial charge in [-0.15, -0.1) is 0 Å².